The molecule has 0 aliphatic carbocycles. The highest BCUT2D eigenvalue weighted by Crippen LogP contribution is 2.42. The van der Waals surface area contributed by atoms with Crippen LogP contribution in [0.4, 0.5) is 0 Å². The fourth-order valence-corrected chi connectivity index (χ4v) is 3.34. The number of phosphoric acid groups is 1. The Morgan fingerprint density at radius 1 is 1.42 bits per heavy atom. The first kappa shape index (κ1) is 20.3. The van der Waals surface area contributed by atoms with E-state index in [9.17, 15) is 9.46 Å². The summed E-state index contributed by atoms with van der Waals surface area (Å²) < 4.78 is 21.6. The number of rotatable bonds is 9. The van der Waals surface area contributed by atoms with Gasteiger partial charge in [0.25, 0.3) is 0 Å². The number of guanidine groups is 1. The van der Waals surface area contributed by atoms with E-state index in [-0.39, 0.29) is 11.7 Å². The molecule has 0 bridgehead atoms. The first-order valence-corrected chi connectivity index (χ1v) is 10.4. The maximum absolute atomic E-state index is 11.9. The molecule has 1 aromatic heterocycles. The number of para-hydroxylation sites is 1. The zero-order valence-electron chi connectivity index (χ0n) is 14.5. The van der Waals surface area contributed by atoms with E-state index in [0.29, 0.717) is 6.54 Å². The van der Waals surface area contributed by atoms with Crippen LogP contribution in [0.2, 0.25) is 0 Å². The molecule has 1 atom stereocenters. The predicted octanol–water partition coefficient (Wildman–Crippen LogP) is 2.23. The minimum Gasteiger partial charge on any atom is -0.403 e. The molecule has 142 valence electrons. The van der Waals surface area contributed by atoms with Gasteiger partial charge in [0.15, 0.2) is 0 Å². The van der Waals surface area contributed by atoms with Gasteiger partial charge in [-0.2, -0.15) is 16.4 Å². The molecule has 2 aromatic rings. The molecule has 0 amide bonds. The SMILES string of the molecule is CN=C(NCCSCc1nc[nH]c1C)NOP(=O)(O)Oc1ccccc1. The van der Waals surface area contributed by atoms with E-state index < -0.39 is 7.82 Å². The largest absolute Gasteiger partial charge is 0.549 e. The first-order valence-electron chi connectivity index (χ1n) is 7.79. The monoisotopic (exact) mass is 399 g/mol. The van der Waals surface area contributed by atoms with Crippen LogP contribution in [0.1, 0.15) is 11.4 Å². The lowest BCUT2D eigenvalue weighted by Gasteiger charge is -2.15. The van der Waals surface area contributed by atoms with Crippen molar-refractivity contribution >= 4 is 25.5 Å². The van der Waals surface area contributed by atoms with Gasteiger partial charge >= 0.3 is 7.82 Å². The van der Waals surface area contributed by atoms with E-state index in [1.54, 1.807) is 48.4 Å². The molecule has 0 aliphatic rings. The van der Waals surface area contributed by atoms with E-state index in [2.05, 4.69) is 25.8 Å². The molecule has 26 heavy (non-hydrogen) atoms. The number of nitrogens with zero attached hydrogens (tertiary/aromatic N) is 2. The zero-order valence-corrected chi connectivity index (χ0v) is 16.2. The Morgan fingerprint density at radius 2 is 2.19 bits per heavy atom. The predicted molar refractivity (Wildman–Crippen MR) is 102 cm³/mol. The highest BCUT2D eigenvalue weighted by Gasteiger charge is 2.24. The summed E-state index contributed by atoms with van der Waals surface area (Å²) in [7, 11) is -2.79. The van der Waals surface area contributed by atoms with Gasteiger partial charge in [0.05, 0.1) is 12.0 Å². The zero-order chi connectivity index (χ0) is 18.8. The summed E-state index contributed by atoms with van der Waals surface area (Å²) in [4.78, 5) is 20.9. The smallest absolute Gasteiger partial charge is 0.403 e. The number of aryl methyl sites for hydroxylation is 1. The van der Waals surface area contributed by atoms with Gasteiger partial charge in [-0.3, -0.25) is 9.89 Å². The van der Waals surface area contributed by atoms with E-state index in [1.807, 2.05) is 6.92 Å². The van der Waals surface area contributed by atoms with E-state index in [0.717, 1.165) is 22.9 Å². The quantitative estimate of drug-likeness (QED) is 0.167. The van der Waals surface area contributed by atoms with Gasteiger partial charge in [0, 0.05) is 30.8 Å². The molecule has 1 heterocycles. The molecule has 0 aliphatic heterocycles. The second kappa shape index (κ2) is 10.2. The Balaban J connectivity index is 1.67. The van der Waals surface area contributed by atoms with Crippen molar-refractivity contribution in [3.8, 4) is 5.75 Å². The van der Waals surface area contributed by atoms with Crippen LogP contribution in [0.5, 0.6) is 5.75 Å². The maximum atomic E-state index is 11.9. The highest BCUT2D eigenvalue weighted by molar-refractivity contribution is 7.98. The van der Waals surface area contributed by atoms with Crippen molar-refractivity contribution in [3.05, 3.63) is 48.0 Å². The second-order valence-corrected chi connectivity index (χ2v) is 7.50. The molecule has 0 saturated carbocycles. The lowest BCUT2D eigenvalue weighted by Crippen LogP contribution is -2.38. The molecule has 1 aromatic carbocycles. The summed E-state index contributed by atoms with van der Waals surface area (Å²) in [5, 5.41) is 2.98. The molecule has 9 nitrogen and oxygen atoms in total. The molecule has 4 N–H and O–H groups in total. The molecule has 1 unspecified atom stereocenters. The molecule has 0 radical (unpaired) electrons. The summed E-state index contributed by atoms with van der Waals surface area (Å²) in [5.74, 6) is 2.06. The highest BCUT2D eigenvalue weighted by atomic mass is 32.2. The number of hydrogen-bond acceptors (Lipinski definition) is 6. The van der Waals surface area contributed by atoms with Crippen LogP contribution in [0.15, 0.2) is 41.7 Å². The normalized spacial score (nSPS) is 13.9. The summed E-state index contributed by atoms with van der Waals surface area (Å²) in [5.41, 5.74) is 4.41. The van der Waals surface area contributed by atoms with Crippen molar-refractivity contribution in [2.24, 2.45) is 4.99 Å². The Bertz CT molecular complexity index is 756. The Morgan fingerprint density at radius 3 is 2.85 bits per heavy atom. The molecule has 0 spiro atoms. The van der Waals surface area contributed by atoms with Gasteiger partial charge in [-0.25, -0.2) is 15.0 Å². The minimum atomic E-state index is -4.31. The van der Waals surface area contributed by atoms with Gasteiger partial charge in [0.1, 0.15) is 5.75 Å². The Hall–Kier alpha value is -2.00. The molecule has 2 rings (SSSR count). The number of H-pyrrole nitrogens is 1. The summed E-state index contributed by atoms with van der Waals surface area (Å²) >= 11 is 1.71. The third kappa shape index (κ3) is 7.09. The molecule has 0 saturated heterocycles. The summed E-state index contributed by atoms with van der Waals surface area (Å²) in [6, 6.07) is 8.25. The third-order valence-corrected chi connectivity index (χ3v) is 4.89. The van der Waals surface area contributed by atoms with Crippen LogP contribution in [-0.2, 0) is 14.9 Å². The van der Waals surface area contributed by atoms with Gasteiger partial charge in [0.2, 0.25) is 5.96 Å². The number of nitrogens with one attached hydrogen (secondary N) is 3. The van der Waals surface area contributed by atoms with Gasteiger partial charge < -0.3 is 14.8 Å². The standard InChI is InChI=1S/C15H22N5O4PS/c1-12-14(19-11-18-12)10-26-9-8-17-15(16-2)20-24-25(21,22)23-13-6-4-3-5-7-13/h3-7,11H,8-10H2,1-2H3,(H,18,19)(H,21,22)(H2,16,17,20). The molecular weight excluding hydrogens is 377 g/mol. The van der Waals surface area contributed by atoms with E-state index in [4.69, 9.17) is 9.15 Å². The number of aromatic nitrogens is 2. The number of benzene rings is 1. The van der Waals surface area contributed by atoms with Crippen LogP contribution >= 0.6 is 19.6 Å². The maximum Gasteiger partial charge on any atom is 0.549 e. The van der Waals surface area contributed by atoms with Crippen molar-refractivity contribution in [3.63, 3.8) is 0 Å². The number of phosphoric ester groups is 1. The van der Waals surface area contributed by atoms with Crippen molar-refractivity contribution in [1.29, 1.82) is 0 Å². The van der Waals surface area contributed by atoms with Crippen molar-refractivity contribution in [1.82, 2.24) is 20.8 Å². The van der Waals surface area contributed by atoms with Crippen molar-refractivity contribution in [2.75, 3.05) is 19.3 Å². The Labute approximate surface area is 156 Å². The first-order chi connectivity index (χ1) is 12.5. The average Bonchev–Trinajstić information content (AvgIpc) is 3.03. The van der Waals surface area contributed by atoms with Gasteiger partial charge in [-0.1, -0.05) is 18.2 Å². The van der Waals surface area contributed by atoms with Gasteiger partial charge in [-0.15, -0.1) is 0 Å². The minimum absolute atomic E-state index is 0.229. The lowest BCUT2D eigenvalue weighted by molar-refractivity contribution is 0.167. The van der Waals surface area contributed by atoms with Crippen LogP contribution in [0.25, 0.3) is 0 Å². The number of aliphatic imine (C=N–C) groups is 1. The van der Waals surface area contributed by atoms with Crippen molar-refractivity contribution in [2.45, 2.75) is 12.7 Å². The number of hydrogen-bond donors (Lipinski definition) is 4. The number of imidazole rings is 1. The van der Waals surface area contributed by atoms with Crippen LogP contribution in [-0.4, -0.2) is 40.2 Å². The fraction of sp³-hybridized carbons (Fsp3) is 0.333. The Kier molecular flexibility index (Phi) is 7.99. The topological polar surface area (TPSA) is 121 Å². The van der Waals surface area contributed by atoms with Crippen LogP contribution in [0.3, 0.4) is 0 Å². The van der Waals surface area contributed by atoms with Crippen molar-refractivity contribution < 1.29 is 18.6 Å². The van der Waals surface area contributed by atoms with Gasteiger partial charge in [-0.05, 0) is 19.1 Å². The third-order valence-electron chi connectivity index (χ3n) is 3.16. The number of thioether (sulfide) groups is 1. The average molecular weight is 399 g/mol. The molecule has 11 heteroatoms. The summed E-state index contributed by atoms with van der Waals surface area (Å²) in [6.07, 6.45) is 1.68. The van der Waals surface area contributed by atoms with E-state index >= 15 is 0 Å². The summed E-state index contributed by atoms with van der Waals surface area (Å²) in [6.45, 7) is 2.57. The molecule has 0 fully saturated rings. The van der Waals surface area contributed by atoms with Crippen LogP contribution in [0, 0.1) is 6.92 Å². The number of hydroxylamine groups is 1. The lowest BCUT2D eigenvalue weighted by atomic mass is 10.3. The molecular formula is C15H22N5O4PS. The van der Waals surface area contributed by atoms with E-state index in [1.165, 1.54) is 7.05 Å². The number of aromatic amines is 1. The second-order valence-electron chi connectivity index (χ2n) is 5.09. The van der Waals surface area contributed by atoms with Crippen LogP contribution < -0.4 is 15.3 Å². The fourth-order valence-electron chi connectivity index (χ4n) is 1.84.